The number of hydrogen-bond acceptors (Lipinski definition) is 4. The highest BCUT2D eigenvalue weighted by atomic mass is 16.5. The number of rotatable bonds is 7. The number of nitrogens with zero attached hydrogens (tertiary/aromatic N) is 1. The molecular formula is C30H27N3O3. The maximum Gasteiger partial charge on any atom is 0.251 e. The number of nitrogens with one attached hydrogen (secondary N) is 2. The maximum absolute atomic E-state index is 12.9. The molecule has 0 bridgehead atoms. The molecular weight excluding hydrogens is 450 g/mol. The summed E-state index contributed by atoms with van der Waals surface area (Å²) in [6.07, 6.45) is 2.67. The number of hydrogen-bond donors (Lipinski definition) is 2. The molecule has 0 spiro atoms. The predicted molar refractivity (Wildman–Crippen MR) is 140 cm³/mol. The molecule has 2 N–H and O–H groups in total. The van der Waals surface area contributed by atoms with Gasteiger partial charge in [0.1, 0.15) is 18.2 Å². The molecule has 4 aromatic rings. The number of carbonyl (C=O) groups is 2. The molecule has 0 saturated carbocycles. The smallest absolute Gasteiger partial charge is 0.251 e. The van der Waals surface area contributed by atoms with Gasteiger partial charge < -0.3 is 15.4 Å². The minimum absolute atomic E-state index is 0.0946. The molecule has 36 heavy (non-hydrogen) atoms. The molecule has 6 heteroatoms. The summed E-state index contributed by atoms with van der Waals surface area (Å²) in [6, 6.07) is 27.1. The van der Waals surface area contributed by atoms with Crippen molar-refractivity contribution in [2.75, 3.05) is 5.32 Å². The first-order chi connectivity index (χ1) is 17.6. The van der Waals surface area contributed by atoms with Crippen molar-refractivity contribution in [3.05, 3.63) is 113 Å². The van der Waals surface area contributed by atoms with Crippen LogP contribution in [0.25, 0.3) is 11.1 Å². The van der Waals surface area contributed by atoms with Gasteiger partial charge in [0.15, 0.2) is 0 Å². The number of carbonyl (C=O) groups excluding carboxylic acids is 2. The molecule has 180 valence electrons. The molecule has 1 aliphatic heterocycles. The fourth-order valence-electron chi connectivity index (χ4n) is 4.32. The molecule has 2 amide bonds. The van der Waals surface area contributed by atoms with Gasteiger partial charge in [0, 0.05) is 17.5 Å². The van der Waals surface area contributed by atoms with E-state index in [-0.39, 0.29) is 17.9 Å². The molecule has 0 fully saturated rings. The summed E-state index contributed by atoms with van der Waals surface area (Å²) in [6.45, 7) is 2.32. The van der Waals surface area contributed by atoms with E-state index >= 15 is 0 Å². The van der Waals surface area contributed by atoms with E-state index in [9.17, 15) is 9.59 Å². The SMILES string of the molecule is C[C@@H](NC(=O)c1ccc2c(c1)COc1cnc(NC(=O)CCc3ccccc3)cc1-2)c1ccccc1. The van der Waals surface area contributed by atoms with Gasteiger partial charge >= 0.3 is 0 Å². The van der Waals surface area contributed by atoms with E-state index < -0.39 is 0 Å². The summed E-state index contributed by atoms with van der Waals surface area (Å²) >= 11 is 0. The van der Waals surface area contributed by atoms with Crippen LogP contribution in [0, 0.1) is 0 Å². The van der Waals surface area contributed by atoms with Gasteiger partial charge in [-0.3, -0.25) is 9.59 Å². The molecule has 2 heterocycles. The first kappa shape index (κ1) is 23.3. The molecule has 0 unspecified atom stereocenters. The van der Waals surface area contributed by atoms with E-state index in [0.717, 1.165) is 27.8 Å². The van der Waals surface area contributed by atoms with Crippen LogP contribution < -0.4 is 15.4 Å². The molecule has 6 nitrogen and oxygen atoms in total. The van der Waals surface area contributed by atoms with E-state index in [1.54, 1.807) is 6.20 Å². The highest BCUT2D eigenvalue weighted by Gasteiger charge is 2.21. The second-order valence-corrected chi connectivity index (χ2v) is 8.87. The molecule has 0 radical (unpaired) electrons. The van der Waals surface area contributed by atoms with Gasteiger partial charge in [-0.15, -0.1) is 0 Å². The Kier molecular flexibility index (Phi) is 6.76. The predicted octanol–water partition coefficient (Wildman–Crippen LogP) is 5.70. The highest BCUT2D eigenvalue weighted by Crippen LogP contribution is 2.38. The Bertz CT molecular complexity index is 1390. The fraction of sp³-hybridized carbons (Fsp3) is 0.167. The summed E-state index contributed by atoms with van der Waals surface area (Å²) in [4.78, 5) is 29.7. The van der Waals surface area contributed by atoms with Crippen LogP contribution in [0.3, 0.4) is 0 Å². The largest absolute Gasteiger partial charge is 0.487 e. The van der Waals surface area contributed by atoms with Gasteiger partial charge in [0.25, 0.3) is 5.91 Å². The molecule has 3 aromatic carbocycles. The fourth-order valence-corrected chi connectivity index (χ4v) is 4.32. The van der Waals surface area contributed by atoms with E-state index in [2.05, 4.69) is 15.6 Å². The van der Waals surface area contributed by atoms with Crippen LogP contribution in [0.5, 0.6) is 5.75 Å². The summed E-state index contributed by atoms with van der Waals surface area (Å²) in [5.41, 5.74) is 5.46. The zero-order valence-corrected chi connectivity index (χ0v) is 20.0. The van der Waals surface area contributed by atoms with Gasteiger partial charge in [-0.1, -0.05) is 66.7 Å². The third kappa shape index (κ3) is 5.28. The monoisotopic (exact) mass is 477 g/mol. The average molecular weight is 478 g/mol. The molecule has 0 aliphatic carbocycles. The molecule has 1 aliphatic rings. The zero-order valence-electron chi connectivity index (χ0n) is 20.0. The van der Waals surface area contributed by atoms with Crippen molar-refractivity contribution in [1.29, 1.82) is 0 Å². The summed E-state index contributed by atoms with van der Waals surface area (Å²) in [5.74, 6) is 0.894. The summed E-state index contributed by atoms with van der Waals surface area (Å²) < 4.78 is 5.89. The number of anilines is 1. The summed E-state index contributed by atoms with van der Waals surface area (Å²) in [7, 11) is 0. The molecule has 0 saturated heterocycles. The van der Waals surface area contributed by atoms with Crippen LogP contribution in [0.4, 0.5) is 5.82 Å². The Morgan fingerprint density at radius 3 is 2.47 bits per heavy atom. The number of ether oxygens (including phenoxy) is 1. The van der Waals surface area contributed by atoms with E-state index in [1.807, 2.05) is 91.9 Å². The van der Waals surface area contributed by atoms with Gasteiger partial charge in [0.2, 0.25) is 5.91 Å². The minimum atomic E-state index is -0.138. The molecule has 1 atom stereocenters. The first-order valence-electron chi connectivity index (χ1n) is 12.0. The maximum atomic E-state index is 12.9. The van der Waals surface area contributed by atoms with Crippen molar-refractivity contribution in [1.82, 2.24) is 10.3 Å². The number of amides is 2. The zero-order chi connectivity index (χ0) is 24.9. The Labute approximate surface area is 210 Å². The van der Waals surface area contributed by atoms with Crippen LogP contribution in [-0.4, -0.2) is 16.8 Å². The quantitative estimate of drug-likeness (QED) is 0.358. The number of pyridine rings is 1. The van der Waals surface area contributed by atoms with E-state index in [1.165, 1.54) is 0 Å². The highest BCUT2D eigenvalue weighted by molar-refractivity contribution is 5.96. The molecule has 5 rings (SSSR count). The van der Waals surface area contributed by atoms with E-state index in [4.69, 9.17) is 4.74 Å². The molecule has 1 aromatic heterocycles. The van der Waals surface area contributed by atoms with Gasteiger partial charge in [0.05, 0.1) is 12.2 Å². The normalized spacial score (nSPS) is 12.5. The topological polar surface area (TPSA) is 80.3 Å². The van der Waals surface area contributed by atoms with Crippen molar-refractivity contribution in [3.8, 4) is 16.9 Å². The van der Waals surface area contributed by atoms with Crippen molar-refractivity contribution in [3.63, 3.8) is 0 Å². The second kappa shape index (κ2) is 10.4. The lowest BCUT2D eigenvalue weighted by Crippen LogP contribution is -2.26. The van der Waals surface area contributed by atoms with Crippen molar-refractivity contribution in [2.24, 2.45) is 0 Å². The van der Waals surface area contributed by atoms with Gasteiger partial charge in [-0.05, 0) is 53.8 Å². The average Bonchev–Trinajstić information content (AvgIpc) is 2.92. The van der Waals surface area contributed by atoms with Crippen LogP contribution in [0.2, 0.25) is 0 Å². The lowest BCUT2D eigenvalue weighted by atomic mass is 9.95. The Morgan fingerprint density at radius 1 is 0.944 bits per heavy atom. The lowest BCUT2D eigenvalue weighted by molar-refractivity contribution is -0.116. The van der Waals surface area contributed by atoms with Crippen LogP contribution in [-0.2, 0) is 17.8 Å². The standard InChI is InChI=1S/C30H27N3O3/c1-20(22-10-6-3-7-11-22)32-30(35)23-13-14-25-24(16-23)19-36-27-18-31-28(17-26(25)27)33-29(34)15-12-21-8-4-2-5-9-21/h2-11,13-14,16-18,20H,12,15,19H2,1H3,(H,32,35)(H,31,33,34)/t20-/m1/s1. The number of fused-ring (bicyclic) bond motifs is 3. The number of aromatic nitrogens is 1. The Hall–Kier alpha value is -4.45. The van der Waals surface area contributed by atoms with Crippen molar-refractivity contribution >= 4 is 17.6 Å². The van der Waals surface area contributed by atoms with Gasteiger partial charge in [-0.2, -0.15) is 0 Å². The first-order valence-corrected chi connectivity index (χ1v) is 12.0. The van der Waals surface area contributed by atoms with Crippen LogP contribution in [0.1, 0.15) is 46.4 Å². The third-order valence-corrected chi connectivity index (χ3v) is 6.31. The lowest BCUT2D eigenvalue weighted by Gasteiger charge is -2.22. The Morgan fingerprint density at radius 2 is 1.69 bits per heavy atom. The van der Waals surface area contributed by atoms with Crippen LogP contribution in [0.15, 0.2) is 91.1 Å². The van der Waals surface area contributed by atoms with Gasteiger partial charge in [-0.25, -0.2) is 4.98 Å². The minimum Gasteiger partial charge on any atom is -0.487 e. The van der Waals surface area contributed by atoms with Crippen LogP contribution >= 0.6 is 0 Å². The van der Waals surface area contributed by atoms with Crippen molar-refractivity contribution < 1.29 is 14.3 Å². The van der Waals surface area contributed by atoms with Crippen molar-refractivity contribution in [2.45, 2.75) is 32.4 Å². The van der Waals surface area contributed by atoms with E-state index in [0.29, 0.717) is 36.6 Å². The third-order valence-electron chi connectivity index (χ3n) is 6.31. The Balaban J connectivity index is 1.28. The number of benzene rings is 3. The summed E-state index contributed by atoms with van der Waals surface area (Å²) in [5, 5.41) is 5.95. The number of aryl methyl sites for hydroxylation is 1. The second-order valence-electron chi connectivity index (χ2n) is 8.87.